The monoisotopic (exact) mass is 436 g/mol. The van der Waals surface area contributed by atoms with Crippen molar-refractivity contribution in [3.8, 4) is 11.4 Å². The Morgan fingerprint density at radius 1 is 1.06 bits per heavy atom. The number of fused-ring (bicyclic) bond motifs is 1. The number of hydrogen-bond donors (Lipinski definition) is 1. The lowest BCUT2D eigenvalue weighted by Crippen LogP contribution is -2.15. The number of hydrogen-bond acceptors (Lipinski definition) is 5. The first-order chi connectivity index (χ1) is 14.8. The van der Waals surface area contributed by atoms with Crippen LogP contribution in [0.1, 0.15) is 36.3 Å². The number of nitrogens with zero attached hydrogens (tertiary/aromatic N) is 4. The summed E-state index contributed by atoms with van der Waals surface area (Å²) in [6, 6.07) is 12.5. The normalized spacial score (nSPS) is 19.3. The van der Waals surface area contributed by atoms with Crippen molar-refractivity contribution in [2.75, 3.05) is 0 Å². The van der Waals surface area contributed by atoms with Crippen LogP contribution in [0, 0.1) is 6.92 Å². The van der Waals surface area contributed by atoms with Crippen molar-refractivity contribution >= 4 is 21.1 Å². The molecule has 1 fully saturated rings. The molecule has 0 aliphatic heterocycles. The third-order valence-corrected chi connectivity index (χ3v) is 7.86. The third kappa shape index (κ3) is 3.36. The Balaban J connectivity index is 1.73. The summed E-state index contributed by atoms with van der Waals surface area (Å²) in [7, 11) is -2.09. The molecule has 0 amide bonds. The predicted molar refractivity (Wildman–Crippen MR) is 118 cm³/mol. The number of pyridine rings is 1. The topological polar surface area (TPSA) is 90.0 Å². The molecule has 1 aliphatic carbocycles. The van der Waals surface area contributed by atoms with E-state index in [1.165, 1.54) is 3.97 Å². The third-order valence-electron chi connectivity index (χ3n) is 6.14. The van der Waals surface area contributed by atoms with Crippen LogP contribution in [0.5, 0.6) is 0 Å². The molecule has 0 radical (unpaired) electrons. The standard InChI is InChI=1S/C23H24N4O3S/c1-15-3-7-20(8-4-15)31(29,30)27-22(21-9-10-25-26(21)2)13-17-11-18(14-24-23(17)27)16-5-6-19(28)12-16/h3-4,7-11,13-14,16,19,28H,5-6,12H2,1-2H3/t16-,19+/m0/s1. The molecule has 31 heavy (non-hydrogen) atoms. The van der Waals surface area contributed by atoms with Crippen molar-refractivity contribution in [1.82, 2.24) is 18.7 Å². The van der Waals surface area contributed by atoms with Gasteiger partial charge < -0.3 is 5.11 Å². The Bertz CT molecular complexity index is 1370. The molecular formula is C23H24N4O3S. The predicted octanol–water partition coefficient (Wildman–Crippen LogP) is 3.61. The van der Waals surface area contributed by atoms with Gasteiger partial charge in [0.15, 0.2) is 5.65 Å². The summed E-state index contributed by atoms with van der Waals surface area (Å²) in [5.41, 5.74) is 3.62. The molecule has 3 aromatic heterocycles. The highest BCUT2D eigenvalue weighted by molar-refractivity contribution is 7.90. The van der Waals surface area contributed by atoms with Gasteiger partial charge in [0.1, 0.15) is 0 Å². The molecule has 2 atom stereocenters. The first kappa shape index (κ1) is 20.0. The molecule has 1 aromatic carbocycles. The molecule has 0 saturated heterocycles. The van der Waals surface area contributed by atoms with Gasteiger partial charge in [-0.2, -0.15) is 5.10 Å². The summed E-state index contributed by atoms with van der Waals surface area (Å²) >= 11 is 0. The maximum atomic E-state index is 13.7. The Hall–Kier alpha value is -2.97. The zero-order valence-corrected chi connectivity index (χ0v) is 18.2. The molecule has 0 bridgehead atoms. The lowest BCUT2D eigenvalue weighted by atomic mass is 9.99. The fraction of sp³-hybridized carbons (Fsp3) is 0.304. The van der Waals surface area contributed by atoms with Gasteiger partial charge >= 0.3 is 0 Å². The lowest BCUT2D eigenvalue weighted by Gasteiger charge is -2.13. The zero-order valence-electron chi connectivity index (χ0n) is 17.4. The van der Waals surface area contributed by atoms with E-state index in [4.69, 9.17) is 0 Å². The van der Waals surface area contributed by atoms with E-state index in [1.54, 1.807) is 54.5 Å². The second-order valence-corrected chi connectivity index (χ2v) is 10.1. The first-order valence-electron chi connectivity index (χ1n) is 10.3. The largest absolute Gasteiger partial charge is 0.393 e. The van der Waals surface area contributed by atoms with Crippen LogP contribution < -0.4 is 0 Å². The molecule has 1 saturated carbocycles. The summed E-state index contributed by atoms with van der Waals surface area (Å²) in [6.45, 7) is 1.92. The van der Waals surface area contributed by atoms with Gasteiger partial charge in [-0.3, -0.25) is 4.68 Å². The molecule has 0 unspecified atom stereocenters. The van der Waals surface area contributed by atoms with E-state index >= 15 is 0 Å². The van der Waals surface area contributed by atoms with Gasteiger partial charge in [-0.15, -0.1) is 0 Å². The molecule has 7 nitrogen and oxygen atoms in total. The minimum atomic E-state index is -3.88. The van der Waals surface area contributed by atoms with Crippen LogP contribution in [0.15, 0.2) is 59.8 Å². The maximum absolute atomic E-state index is 13.7. The van der Waals surface area contributed by atoms with Crippen LogP contribution in [0.3, 0.4) is 0 Å². The van der Waals surface area contributed by atoms with Crippen LogP contribution in [-0.4, -0.2) is 38.4 Å². The summed E-state index contributed by atoms with van der Waals surface area (Å²) in [5, 5.41) is 14.9. The summed E-state index contributed by atoms with van der Waals surface area (Å²) in [6.07, 6.45) is 5.52. The highest BCUT2D eigenvalue weighted by Crippen LogP contribution is 2.37. The van der Waals surface area contributed by atoms with Crippen LogP contribution in [-0.2, 0) is 17.1 Å². The Morgan fingerprint density at radius 2 is 1.84 bits per heavy atom. The van der Waals surface area contributed by atoms with Crippen molar-refractivity contribution in [2.45, 2.75) is 43.1 Å². The van der Waals surface area contributed by atoms with E-state index in [9.17, 15) is 13.5 Å². The summed E-state index contributed by atoms with van der Waals surface area (Å²) in [5.74, 6) is 0.240. The van der Waals surface area contributed by atoms with Crippen molar-refractivity contribution in [3.05, 3.63) is 66.0 Å². The summed E-state index contributed by atoms with van der Waals surface area (Å²) in [4.78, 5) is 4.80. The average Bonchev–Trinajstić information content (AvgIpc) is 3.45. The van der Waals surface area contributed by atoms with Crippen molar-refractivity contribution in [2.24, 2.45) is 7.05 Å². The molecule has 8 heteroatoms. The van der Waals surface area contributed by atoms with Crippen molar-refractivity contribution < 1.29 is 13.5 Å². The fourth-order valence-electron chi connectivity index (χ4n) is 4.43. The van der Waals surface area contributed by atoms with Crippen LogP contribution >= 0.6 is 0 Å². The molecule has 1 aliphatic rings. The highest BCUT2D eigenvalue weighted by Gasteiger charge is 2.28. The SMILES string of the molecule is Cc1ccc(S(=O)(=O)n2c(-c3ccnn3C)cc3cc([C@H]4CC[C@@H](O)C4)cnc32)cc1. The average molecular weight is 437 g/mol. The van der Waals surface area contributed by atoms with Gasteiger partial charge in [0, 0.05) is 24.8 Å². The Kier molecular flexibility index (Phi) is 4.71. The van der Waals surface area contributed by atoms with E-state index < -0.39 is 10.0 Å². The molecule has 1 N–H and O–H groups in total. The van der Waals surface area contributed by atoms with E-state index in [1.807, 2.05) is 19.1 Å². The number of aliphatic hydroxyl groups excluding tert-OH is 1. The maximum Gasteiger partial charge on any atom is 0.269 e. The van der Waals surface area contributed by atoms with Gasteiger partial charge in [-0.05, 0) is 68.0 Å². The second-order valence-electron chi connectivity index (χ2n) is 8.30. The van der Waals surface area contributed by atoms with E-state index in [0.29, 0.717) is 23.5 Å². The Morgan fingerprint density at radius 3 is 2.48 bits per heavy atom. The van der Waals surface area contributed by atoms with Gasteiger partial charge in [0.05, 0.1) is 22.4 Å². The van der Waals surface area contributed by atoms with E-state index in [0.717, 1.165) is 29.4 Å². The van der Waals surface area contributed by atoms with Gasteiger partial charge in [-0.25, -0.2) is 17.4 Å². The lowest BCUT2D eigenvalue weighted by molar-refractivity contribution is 0.181. The number of rotatable bonds is 4. The fourth-order valence-corrected chi connectivity index (χ4v) is 5.91. The number of benzene rings is 1. The van der Waals surface area contributed by atoms with Crippen molar-refractivity contribution in [1.29, 1.82) is 0 Å². The molecular weight excluding hydrogens is 412 g/mol. The molecule has 5 rings (SSSR count). The van der Waals surface area contributed by atoms with Gasteiger partial charge in [-0.1, -0.05) is 17.7 Å². The smallest absolute Gasteiger partial charge is 0.269 e. The van der Waals surface area contributed by atoms with Crippen LogP contribution in [0.2, 0.25) is 0 Å². The minimum Gasteiger partial charge on any atom is -0.393 e. The molecule has 160 valence electrons. The zero-order chi connectivity index (χ0) is 21.8. The van der Waals surface area contributed by atoms with Crippen LogP contribution in [0.25, 0.3) is 22.4 Å². The highest BCUT2D eigenvalue weighted by atomic mass is 32.2. The molecule has 4 aromatic rings. The van der Waals surface area contributed by atoms with E-state index in [-0.39, 0.29) is 16.9 Å². The van der Waals surface area contributed by atoms with Gasteiger partial charge in [0.2, 0.25) is 0 Å². The second kappa shape index (κ2) is 7.32. The Labute approximate surface area is 181 Å². The number of aromatic nitrogens is 4. The number of aliphatic hydroxyl groups is 1. The minimum absolute atomic E-state index is 0.212. The van der Waals surface area contributed by atoms with Crippen molar-refractivity contribution in [3.63, 3.8) is 0 Å². The number of aryl methyl sites for hydroxylation is 2. The summed E-state index contributed by atoms with van der Waals surface area (Å²) < 4.78 is 30.4. The van der Waals surface area contributed by atoms with E-state index in [2.05, 4.69) is 10.1 Å². The molecule has 3 heterocycles. The first-order valence-corrected chi connectivity index (χ1v) is 11.8. The van der Waals surface area contributed by atoms with Crippen LogP contribution in [0.4, 0.5) is 0 Å². The van der Waals surface area contributed by atoms with Gasteiger partial charge in [0.25, 0.3) is 10.0 Å². The molecule has 0 spiro atoms. The quantitative estimate of drug-likeness (QED) is 0.528.